The number of aliphatic carboxylic acids is 1. The van der Waals surface area contributed by atoms with Crippen molar-refractivity contribution in [1.29, 1.82) is 0 Å². The number of amides is 1. The molecule has 0 atom stereocenters. The Hall–Kier alpha value is -2.11. The number of ether oxygens (including phenoxy) is 1. The molecule has 86 valence electrons. The second kappa shape index (κ2) is 5.69. The molecule has 0 spiro atoms. The van der Waals surface area contributed by atoms with Gasteiger partial charge in [-0.3, -0.25) is 9.59 Å². The highest BCUT2D eigenvalue weighted by Gasteiger charge is 2.06. The Balaban J connectivity index is 2.49. The van der Waals surface area contributed by atoms with Gasteiger partial charge in [-0.25, -0.2) is 4.98 Å². The fourth-order valence-electron chi connectivity index (χ4n) is 1.02. The smallest absolute Gasteiger partial charge is 0.305 e. The lowest BCUT2D eigenvalue weighted by Gasteiger charge is -2.03. The summed E-state index contributed by atoms with van der Waals surface area (Å²) >= 11 is 0. The summed E-state index contributed by atoms with van der Waals surface area (Å²) in [5.74, 6) is -0.883. The van der Waals surface area contributed by atoms with Crippen LogP contribution in [0.15, 0.2) is 18.3 Å². The van der Waals surface area contributed by atoms with E-state index >= 15 is 0 Å². The second-order valence-corrected chi connectivity index (χ2v) is 2.99. The second-order valence-electron chi connectivity index (χ2n) is 2.99. The number of carboxylic acids is 1. The van der Waals surface area contributed by atoms with Crippen molar-refractivity contribution in [3.63, 3.8) is 0 Å². The molecule has 0 aliphatic rings. The molecular formula is C10H12N2O4. The van der Waals surface area contributed by atoms with Crippen LogP contribution in [-0.4, -0.2) is 35.6 Å². The zero-order valence-electron chi connectivity index (χ0n) is 8.77. The molecule has 16 heavy (non-hydrogen) atoms. The number of rotatable bonds is 5. The first-order chi connectivity index (χ1) is 7.63. The number of aromatic nitrogens is 1. The van der Waals surface area contributed by atoms with E-state index in [0.717, 1.165) is 0 Å². The molecule has 1 aromatic rings. The van der Waals surface area contributed by atoms with Gasteiger partial charge >= 0.3 is 5.97 Å². The zero-order chi connectivity index (χ0) is 12.0. The van der Waals surface area contributed by atoms with Gasteiger partial charge in [-0.05, 0) is 6.07 Å². The molecule has 0 saturated carbocycles. The van der Waals surface area contributed by atoms with Crippen LogP contribution in [0, 0.1) is 0 Å². The number of hydrogen-bond donors (Lipinski definition) is 2. The topological polar surface area (TPSA) is 88.5 Å². The van der Waals surface area contributed by atoms with Crippen molar-refractivity contribution >= 4 is 11.9 Å². The zero-order valence-corrected chi connectivity index (χ0v) is 8.77. The molecule has 0 radical (unpaired) electrons. The third-order valence-corrected chi connectivity index (χ3v) is 1.83. The summed E-state index contributed by atoms with van der Waals surface area (Å²) in [6, 6.07) is 3.12. The van der Waals surface area contributed by atoms with Crippen LogP contribution in [0.1, 0.15) is 16.8 Å². The van der Waals surface area contributed by atoms with E-state index in [1.165, 1.54) is 13.3 Å². The molecule has 0 aromatic carbocycles. The first-order valence-electron chi connectivity index (χ1n) is 4.63. The Morgan fingerprint density at radius 3 is 2.75 bits per heavy atom. The molecule has 0 aliphatic heterocycles. The average Bonchev–Trinajstić information content (AvgIpc) is 2.28. The third-order valence-electron chi connectivity index (χ3n) is 1.83. The van der Waals surface area contributed by atoms with Crippen molar-refractivity contribution in [2.45, 2.75) is 6.42 Å². The van der Waals surface area contributed by atoms with Crippen molar-refractivity contribution in [2.75, 3.05) is 13.7 Å². The lowest BCUT2D eigenvalue weighted by molar-refractivity contribution is -0.136. The summed E-state index contributed by atoms with van der Waals surface area (Å²) in [4.78, 5) is 25.5. The van der Waals surface area contributed by atoms with Gasteiger partial charge in [0.25, 0.3) is 5.91 Å². The maximum atomic E-state index is 11.4. The molecule has 1 aromatic heterocycles. The largest absolute Gasteiger partial charge is 0.481 e. The predicted octanol–water partition coefficient (Wildman–Crippen LogP) is 0.295. The summed E-state index contributed by atoms with van der Waals surface area (Å²) in [5, 5.41) is 10.9. The number of carbonyl (C=O) groups excluding carboxylic acids is 1. The van der Waals surface area contributed by atoms with Crippen LogP contribution in [0.2, 0.25) is 0 Å². The molecule has 0 bridgehead atoms. The van der Waals surface area contributed by atoms with E-state index in [1.54, 1.807) is 12.1 Å². The number of hydrogen-bond acceptors (Lipinski definition) is 4. The van der Waals surface area contributed by atoms with E-state index in [4.69, 9.17) is 9.84 Å². The van der Waals surface area contributed by atoms with Crippen LogP contribution in [0.3, 0.4) is 0 Å². The molecule has 1 amide bonds. The SMILES string of the molecule is COc1ccc(C(=O)NCCC(=O)O)cn1. The highest BCUT2D eigenvalue weighted by Crippen LogP contribution is 2.06. The van der Waals surface area contributed by atoms with Gasteiger partial charge in [0.15, 0.2) is 0 Å². The molecule has 1 rings (SSSR count). The van der Waals surface area contributed by atoms with Gasteiger partial charge in [0.1, 0.15) is 0 Å². The summed E-state index contributed by atoms with van der Waals surface area (Å²) in [7, 11) is 1.48. The summed E-state index contributed by atoms with van der Waals surface area (Å²) in [6.45, 7) is 0.0974. The van der Waals surface area contributed by atoms with Crippen molar-refractivity contribution in [3.05, 3.63) is 23.9 Å². The standard InChI is InChI=1S/C10H12N2O4/c1-16-8-3-2-7(6-12-8)10(15)11-5-4-9(13)14/h2-3,6H,4-5H2,1H3,(H,11,15)(H,13,14). The monoisotopic (exact) mass is 224 g/mol. The first kappa shape index (κ1) is 12.0. The van der Waals surface area contributed by atoms with E-state index in [1.807, 2.05) is 0 Å². The van der Waals surface area contributed by atoms with Gasteiger partial charge in [0, 0.05) is 18.8 Å². The molecule has 6 heteroatoms. The average molecular weight is 224 g/mol. The molecule has 6 nitrogen and oxygen atoms in total. The predicted molar refractivity (Wildman–Crippen MR) is 55.4 cm³/mol. The van der Waals surface area contributed by atoms with E-state index in [9.17, 15) is 9.59 Å². The minimum absolute atomic E-state index is 0.0974. The van der Waals surface area contributed by atoms with Crippen LogP contribution >= 0.6 is 0 Å². The number of nitrogens with zero attached hydrogens (tertiary/aromatic N) is 1. The van der Waals surface area contributed by atoms with Crippen LogP contribution in [-0.2, 0) is 4.79 Å². The van der Waals surface area contributed by atoms with Gasteiger partial charge in [-0.2, -0.15) is 0 Å². The minimum atomic E-state index is -0.951. The lowest BCUT2D eigenvalue weighted by Crippen LogP contribution is -2.26. The van der Waals surface area contributed by atoms with Gasteiger partial charge < -0.3 is 15.2 Å². The van der Waals surface area contributed by atoms with Crippen LogP contribution < -0.4 is 10.1 Å². The van der Waals surface area contributed by atoms with Crippen LogP contribution in [0.25, 0.3) is 0 Å². The maximum Gasteiger partial charge on any atom is 0.305 e. The normalized spacial score (nSPS) is 9.56. The van der Waals surface area contributed by atoms with Gasteiger partial charge in [-0.15, -0.1) is 0 Å². The number of methoxy groups -OCH3 is 1. The third kappa shape index (κ3) is 3.56. The Kier molecular flexibility index (Phi) is 4.26. The van der Waals surface area contributed by atoms with Crippen molar-refractivity contribution < 1.29 is 19.4 Å². The Morgan fingerprint density at radius 1 is 1.50 bits per heavy atom. The molecule has 0 unspecified atom stereocenters. The highest BCUT2D eigenvalue weighted by molar-refractivity contribution is 5.94. The molecule has 0 fully saturated rings. The van der Waals surface area contributed by atoms with Gasteiger partial charge in [0.2, 0.25) is 5.88 Å². The molecular weight excluding hydrogens is 212 g/mol. The van der Waals surface area contributed by atoms with Crippen LogP contribution in [0.4, 0.5) is 0 Å². The number of carbonyl (C=O) groups is 2. The van der Waals surface area contributed by atoms with E-state index < -0.39 is 5.97 Å². The fraction of sp³-hybridized carbons (Fsp3) is 0.300. The van der Waals surface area contributed by atoms with E-state index in [0.29, 0.717) is 11.4 Å². The highest BCUT2D eigenvalue weighted by atomic mass is 16.5. The Labute approximate surface area is 92.3 Å². The molecule has 2 N–H and O–H groups in total. The quantitative estimate of drug-likeness (QED) is 0.750. The summed E-state index contributed by atoms with van der Waals surface area (Å²) in [5.41, 5.74) is 0.367. The van der Waals surface area contributed by atoms with Crippen molar-refractivity contribution in [2.24, 2.45) is 0 Å². The van der Waals surface area contributed by atoms with Crippen molar-refractivity contribution in [3.8, 4) is 5.88 Å². The fourth-order valence-corrected chi connectivity index (χ4v) is 1.02. The first-order valence-corrected chi connectivity index (χ1v) is 4.63. The van der Waals surface area contributed by atoms with E-state index in [-0.39, 0.29) is 18.9 Å². The van der Waals surface area contributed by atoms with Crippen LogP contribution in [0.5, 0.6) is 5.88 Å². The van der Waals surface area contributed by atoms with Gasteiger partial charge in [-0.1, -0.05) is 0 Å². The van der Waals surface area contributed by atoms with Gasteiger partial charge in [0.05, 0.1) is 19.1 Å². The number of pyridine rings is 1. The minimum Gasteiger partial charge on any atom is -0.481 e. The number of nitrogens with one attached hydrogen (secondary N) is 1. The Bertz CT molecular complexity index is 375. The van der Waals surface area contributed by atoms with Crippen molar-refractivity contribution in [1.82, 2.24) is 10.3 Å². The lowest BCUT2D eigenvalue weighted by atomic mass is 10.2. The Morgan fingerprint density at radius 2 is 2.25 bits per heavy atom. The molecule has 0 saturated heterocycles. The summed E-state index contributed by atoms with van der Waals surface area (Å²) in [6.07, 6.45) is 1.27. The number of carboxylic acid groups (broad SMARTS) is 1. The van der Waals surface area contributed by atoms with E-state index in [2.05, 4.69) is 10.3 Å². The maximum absolute atomic E-state index is 11.4. The molecule has 0 aliphatic carbocycles. The summed E-state index contributed by atoms with van der Waals surface area (Å²) < 4.78 is 4.84. The molecule has 1 heterocycles.